The van der Waals surface area contributed by atoms with E-state index in [0.717, 1.165) is 9.86 Å². The van der Waals surface area contributed by atoms with Gasteiger partial charge in [-0.2, -0.15) is 0 Å². The highest BCUT2D eigenvalue weighted by atomic mass is 79.9. The van der Waals surface area contributed by atoms with E-state index in [-0.39, 0.29) is 0 Å². The number of carbonyl (C=O) groups is 1. The molecule has 0 spiro atoms. The quantitative estimate of drug-likeness (QED) is 0.822. The zero-order valence-electron chi connectivity index (χ0n) is 6.95. The minimum absolute atomic E-state index is 0.453. The lowest BCUT2D eigenvalue weighted by atomic mass is 10.2. The van der Waals surface area contributed by atoms with Gasteiger partial charge in [-0.05, 0) is 18.2 Å². The summed E-state index contributed by atoms with van der Waals surface area (Å²) in [5.74, 6) is 0. The average Bonchev–Trinajstić information content (AvgIpc) is 2.47. The highest BCUT2D eigenvalue weighted by Gasteiger charge is 2.07. The standard InChI is InChI=1S/C9H6BrNO3/c10-5-1-2-8-6(3-5)7(4-14-8)11-9(12)13/h1-4,11H,(H,12,13). The number of halogens is 1. The predicted octanol–water partition coefficient (Wildman–Crippen LogP) is 3.29. The molecular weight excluding hydrogens is 250 g/mol. The normalized spacial score (nSPS) is 10.4. The van der Waals surface area contributed by atoms with Gasteiger partial charge in [-0.3, -0.25) is 5.32 Å². The number of benzene rings is 1. The second-order valence-corrected chi connectivity index (χ2v) is 3.64. The van der Waals surface area contributed by atoms with Crippen LogP contribution in [0.15, 0.2) is 33.4 Å². The molecule has 0 bridgehead atoms. The molecule has 4 nitrogen and oxygen atoms in total. The minimum atomic E-state index is -1.10. The molecule has 0 aliphatic heterocycles. The van der Waals surface area contributed by atoms with Crippen LogP contribution in [0, 0.1) is 0 Å². The van der Waals surface area contributed by atoms with Crippen molar-refractivity contribution in [2.24, 2.45) is 0 Å². The first-order chi connectivity index (χ1) is 6.66. The molecule has 0 unspecified atom stereocenters. The van der Waals surface area contributed by atoms with Crippen LogP contribution < -0.4 is 5.32 Å². The van der Waals surface area contributed by atoms with E-state index in [0.29, 0.717) is 11.3 Å². The maximum atomic E-state index is 10.4. The van der Waals surface area contributed by atoms with E-state index in [1.807, 2.05) is 6.07 Å². The minimum Gasteiger partial charge on any atom is -0.465 e. The van der Waals surface area contributed by atoms with E-state index in [4.69, 9.17) is 9.52 Å². The van der Waals surface area contributed by atoms with Crippen LogP contribution >= 0.6 is 15.9 Å². The van der Waals surface area contributed by atoms with Crippen molar-refractivity contribution in [3.05, 3.63) is 28.9 Å². The molecule has 0 atom stereocenters. The lowest BCUT2D eigenvalue weighted by molar-refractivity contribution is 0.209. The number of carboxylic acid groups (broad SMARTS) is 1. The van der Waals surface area contributed by atoms with Crippen LogP contribution in [0.5, 0.6) is 0 Å². The van der Waals surface area contributed by atoms with Crippen LogP contribution in [0.25, 0.3) is 11.0 Å². The van der Waals surface area contributed by atoms with Crippen molar-refractivity contribution in [1.29, 1.82) is 0 Å². The van der Waals surface area contributed by atoms with Crippen LogP contribution in [-0.4, -0.2) is 11.2 Å². The first-order valence-electron chi connectivity index (χ1n) is 3.83. The average molecular weight is 256 g/mol. The number of rotatable bonds is 1. The molecule has 0 aliphatic rings. The van der Waals surface area contributed by atoms with Crippen LogP contribution in [0.4, 0.5) is 10.5 Å². The van der Waals surface area contributed by atoms with Crippen LogP contribution in [-0.2, 0) is 0 Å². The molecule has 0 radical (unpaired) electrons. The Balaban J connectivity index is 2.55. The molecule has 5 heteroatoms. The summed E-state index contributed by atoms with van der Waals surface area (Å²) in [7, 11) is 0. The molecule has 0 fully saturated rings. The van der Waals surface area contributed by atoms with Crippen molar-refractivity contribution in [2.75, 3.05) is 5.32 Å². The van der Waals surface area contributed by atoms with E-state index in [9.17, 15) is 4.79 Å². The number of amides is 1. The number of nitrogens with one attached hydrogen (secondary N) is 1. The van der Waals surface area contributed by atoms with Crippen LogP contribution in [0.1, 0.15) is 0 Å². The van der Waals surface area contributed by atoms with Gasteiger partial charge in [0.05, 0.1) is 5.69 Å². The Morgan fingerprint density at radius 3 is 3.00 bits per heavy atom. The molecule has 72 valence electrons. The summed E-state index contributed by atoms with van der Waals surface area (Å²) in [6.07, 6.45) is 0.276. The fraction of sp³-hybridized carbons (Fsp3) is 0. The lowest BCUT2D eigenvalue weighted by Gasteiger charge is -1.96. The highest BCUT2D eigenvalue weighted by Crippen LogP contribution is 2.28. The molecule has 1 amide bonds. The molecule has 2 rings (SSSR count). The molecule has 14 heavy (non-hydrogen) atoms. The van der Waals surface area contributed by atoms with Gasteiger partial charge in [0, 0.05) is 9.86 Å². The van der Waals surface area contributed by atoms with E-state index < -0.39 is 6.09 Å². The van der Waals surface area contributed by atoms with Gasteiger partial charge >= 0.3 is 6.09 Å². The Hall–Kier alpha value is -1.49. The number of furan rings is 1. The molecule has 2 N–H and O–H groups in total. The summed E-state index contributed by atoms with van der Waals surface area (Å²) in [5, 5.41) is 11.5. The fourth-order valence-corrected chi connectivity index (χ4v) is 1.57. The van der Waals surface area contributed by atoms with E-state index in [2.05, 4.69) is 21.2 Å². The maximum Gasteiger partial charge on any atom is 0.409 e. The lowest BCUT2D eigenvalue weighted by Crippen LogP contribution is -2.06. The first-order valence-corrected chi connectivity index (χ1v) is 4.63. The Morgan fingerprint density at radius 2 is 2.29 bits per heavy atom. The summed E-state index contributed by atoms with van der Waals surface area (Å²) < 4.78 is 6.03. The molecule has 1 aromatic heterocycles. The third-order valence-corrected chi connectivity index (χ3v) is 2.27. The second-order valence-electron chi connectivity index (χ2n) is 2.72. The summed E-state index contributed by atoms with van der Waals surface area (Å²) in [6.45, 7) is 0. The number of fused-ring (bicyclic) bond motifs is 1. The monoisotopic (exact) mass is 255 g/mol. The van der Waals surface area contributed by atoms with E-state index in [1.54, 1.807) is 12.1 Å². The topological polar surface area (TPSA) is 62.5 Å². The smallest absolute Gasteiger partial charge is 0.409 e. The van der Waals surface area contributed by atoms with Gasteiger partial charge in [0.1, 0.15) is 11.8 Å². The van der Waals surface area contributed by atoms with Crippen molar-refractivity contribution >= 4 is 38.7 Å². The van der Waals surface area contributed by atoms with Gasteiger partial charge in [0.15, 0.2) is 0 Å². The Bertz CT molecular complexity index is 492. The summed E-state index contributed by atoms with van der Waals surface area (Å²) in [4.78, 5) is 10.4. The molecule has 1 heterocycles. The maximum absolute atomic E-state index is 10.4. The first kappa shape index (κ1) is 9.08. The third-order valence-electron chi connectivity index (χ3n) is 1.78. The van der Waals surface area contributed by atoms with Crippen LogP contribution in [0.2, 0.25) is 0 Å². The van der Waals surface area contributed by atoms with Crippen LogP contribution in [0.3, 0.4) is 0 Å². The van der Waals surface area contributed by atoms with Crippen molar-refractivity contribution in [1.82, 2.24) is 0 Å². The van der Waals surface area contributed by atoms with Crippen molar-refractivity contribution in [2.45, 2.75) is 0 Å². The van der Waals surface area contributed by atoms with Gasteiger partial charge in [0.25, 0.3) is 0 Å². The SMILES string of the molecule is O=C(O)Nc1coc2ccc(Br)cc12. The van der Waals surface area contributed by atoms with Gasteiger partial charge in [-0.1, -0.05) is 15.9 Å². The molecule has 0 saturated carbocycles. The van der Waals surface area contributed by atoms with E-state index >= 15 is 0 Å². The van der Waals surface area contributed by atoms with Crippen molar-refractivity contribution in [3.63, 3.8) is 0 Å². The summed E-state index contributed by atoms with van der Waals surface area (Å²) in [5.41, 5.74) is 1.10. The Labute approximate surface area is 87.6 Å². The number of anilines is 1. The van der Waals surface area contributed by atoms with Gasteiger partial charge in [0.2, 0.25) is 0 Å². The van der Waals surface area contributed by atoms with Crippen molar-refractivity contribution < 1.29 is 14.3 Å². The van der Waals surface area contributed by atoms with E-state index in [1.165, 1.54) is 6.26 Å². The second kappa shape index (κ2) is 3.34. The fourth-order valence-electron chi connectivity index (χ4n) is 1.21. The summed E-state index contributed by atoms with van der Waals surface area (Å²) in [6, 6.07) is 5.40. The van der Waals surface area contributed by atoms with Gasteiger partial charge in [-0.15, -0.1) is 0 Å². The number of hydrogen-bond donors (Lipinski definition) is 2. The van der Waals surface area contributed by atoms with Gasteiger partial charge in [-0.25, -0.2) is 4.79 Å². The highest BCUT2D eigenvalue weighted by molar-refractivity contribution is 9.10. The molecule has 1 aromatic carbocycles. The van der Waals surface area contributed by atoms with Gasteiger partial charge < -0.3 is 9.52 Å². The third kappa shape index (κ3) is 1.58. The molecule has 0 aliphatic carbocycles. The molecule has 2 aromatic rings. The largest absolute Gasteiger partial charge is 0.465 e. The molecular formula is C9H6BrNO3. The Kier molecular flexibility index (Phi) is 2.17. The van der Waals surface area contributed by atoms with Crippen molar-refractivity contribution in [3.8, 4) is 0 Å². The summed E-state index contributed by atoms with van der Waals surface area (Å²) >= 11 is 3.30. The number of hydrogen-bond acceptors (Lipinski definition) is 2. The zero-order valence-corrected chi connectivity index (χ0v) is 8.54. The Morgan fingerprint density at radius 1 is 1.50 bits per heavy atom. The molecule has 0 saturated heterocycles. The zero-order chi connectivity index (χ0) is 10.1. The predicted molar refractivity (Wildman–Crippen MR) is 55.6 cm³/mol.